The second-order valence-corrected chi connectivity index (χ2v) is 17.1. The average molecular weight is 677 g/mol. The summed E-state index contributed by atoms with van der Waals surface area (Å²) < 4.78 is 31.3. The van der Waals surface area contributed by atoms with E-state index in [4.69, 9.17) is 4.74 Å². The van der Waals surface area contributed by atoms with Crippen LogP contribution in [0.15, 0.2) is 71.6 Å². The minimum Gasteiger partial charge on any atom is -0.489 e. The first-order chi connectivity index (χ1) is 23.1. The fourth-order valence-corrected chi connectivity index (χ4v) is 10.8. The zero-order chi connectivity index (χ0) is 33.9. The van der Waals surface area contributed by atoms with Gasteiger partial charge in [-0.05, 0) is 59.9 Å². The van der Waals surface area contributed by atoms with Crippen molar-refractivity contribution in [2.45, 2.75) is 82.4 Å². The summed E-state index contributed by atoms with van der Waals surface area (Å²) >= 11 is 0. The van der Waals surface area contributed by atoms with Gasteiger partial charge in [0.15, 0.2) is 0 Å². The minimum absolute atomic E-state index is 0.199. The Morgan fingerprint density at radius 3 is 2.10 bits per heavy atom. The van der Waals surface area contributed by atoms with Gasteiger partial charge in [0.25, 0.3) is 0 Å². The lowest BCUT2D eigenvalue weighted by Gasteiger charge is -2.50. The molecule has 48 heavy (non-hydrogen) atoms. The molecule has 2 atom stereocenters. The summed E-state index contributed by atoms with van der Waals surface area (Å²) in [5, 5.41) is 12.5. The number of unbranched alkanes of at least 4 members (excludes halogenated alkanes) is 2. The predicted octanol–water partition coefficient (Wildman–Crippen LogP) is 7.96. The molecule has 0 saturated carbocycles. The van der Waals surface area contributed by atoms with Gasteiger partial charge in [0, 0.05) is 56.3 Å². The van der Waals surface area contributed by atoms with E-state index in [0.717, 1.165) is 67.6 Å². The standard InChI is InChI=1S/C40H57N3O4S/c1-5-7-19-40(20-8-6-2)30-48(45,46)37-18-15-34(41(3)4)27-36(37)38(39(40)44)31-13-16-35(17-14-31)47-29-33-12-10-9-11-32(33)28-43-24-21-42(22-25-43)23-26-43/h9-18,27,38-39,44H,5-8,19-26,28-30H2,1-4H3,(H-,45,46)/p+1. The molecule has 0 radical (unpaired) electrons. The maximum absolute atomic E-state index is 12.5. The average Bonchev–Trinajstić information content (AvgIpc) is 3.16. The van der Waals surface area contributed by atoms with Crippen LogP contribution in [0.5, 0.6) is 5.75 Å². The van der Waals surface area contributed by atoms with Crippen LogP contribution < -0.4 is 9.64 Å². The summed E-state index contributed by atoms with van der Waals surface area (Å²) in [5.41, 5.74) is 4.80. The van der Waals surface area contributed by atoms with Gasteiger partial charge in [0.05, 0.1) is 36.4 Å². The number of hydrogen-bond acceptors (Lipinski definition) is 6. The molecule has 3 fully saturated rings. The first-order valence-electron chi connectivity index (χ1n) is 18.2. The lowest BCUT2D eigenvalue weighted by Crippen LogP contribution is -2.66. The molecule has 4 heterocycles. The molecule has 0 spiro atoms. The molecule has 4 aliphatic heterocycles. The molecule has 3 saturated heterocycles. The van der Waals surface area contributed by atoms with Gasteiger partial charge in [-0.1, -0.05) is 75.9 Å². The maximum atomic E-state index is 12.5. The van der Waals surface area contributed by atoms with Gasteiger partial charge < -0.3 is 19.2 Å². The zero-order valence-electron chi connectivity index (χ0n) is 29.6. The molecule has 3 N–H and O–H groups in total. The molecule has 8 heteroatoms. The van der Waals surface area contributed by atoms with Crippen LogP contribution in [0.3, 0.4) is 0 Å². The van der Waals surface area contributed by atoms with Crippen molar-refractivity contribution in [3.05, 3.63) is 89.0 Å². The number of ether oxygens (including phenoxy) is 1. The van der Waals surface area contributed by atoms with Crippen molar-refractivity contribution >= 4 is 16.3 Å². The van der Waals surface area contributed by atoms with Gasteiger partial charge in [0.1, 0.15) is 18.9 Å². The number of nitrogens with zero attached hydrogens (tertiary/aromatic N) is 3. The van der Waals surface area contributed by atoms with Crippen LogP contribution in [0.1, 0.15) is 80.5 Å². The van der Waals surface area contributed by atoms with Crippen molar-refractivity contribution in [3.8, 4) is 5.75 Å². The van der Waals surface area contributed by atoms with Gasteiger partial charge in [-0.15, -0.1) is 0 Å². The molecule has 0 aliphatic carbocycles. The monoisotopic (exact) mass is 676 g/mol. The van der Waals surface area contributed by atoms with Crippen LogP contribution in [0, 0.1) is 5.41 Å². The molecule has 0 aromatic heterocycles. The van der Waals surface area contributed by atoms with E-state index >= 15 is 0 Å². The normalized spacial score (nSPS) is 26.4. The Morgan fingerprint density at radius 1 is 0.875 bits per heavy atom. The van der Waals surface area contributed by atoms with Crippen molar-refractivity contribution in [2.24, 2.45) is 5.41 Å². The van der Waals surface area contributed by atoms with E-state index in [2.05, 4.69) is 61.2 Å². The lowest BCUT2D eigenvalue weighted by atomic mass is 9.68. The van der Waals surface area contributed by atoms with Crippen LogP contribution in [0.4, 0.5) is 5.69 Å². The molecular formula is C40H58N3O4S+. The van der Waals surface area contributed by atoms with Crippen LogP contribution in [0.25, 0.3) is 0 Å². The van der Waals surface area contributed by atoms with Crippen LogP contribution in [-0.2, 0) is 13.2 Å². The third kappa shape index (κ3) is 7.30. The van der Waals surface area contributed by atoms with Crippen LogP contribution >= 0.6 is 10.6 Å². The number of aliphatic hydroxyl groups excluding tert-OH is 1. The predicted molar refractivity (Wildman–Crippen MR) is 198 cm³/mol. The molecule has 7 rings (SSSR count). The van der Waals surface area contributed by atoms with Gasteiger partial charge in [-0.3, -0.25) is 14.0 Å². The molecule has 4 aliphatic rings. The number of quaternary nitrogens is 1. The summed E-state index contributed by atoms with van der Waals surface area (Å²) in [6.45, 7) is 13.2. The van der Waals surface area contributed by atoms with Crippen molar-refractivity contribution in [1.82, 2.24) is 4.90 Å². The van der Waals surface area contributed by atoms with Crippen molar-refractivity contribution < 1.29 is 23.4 Å². The molecule has 3 aromatic rings. The molecule has 2 bridgehead atoms. The summed E-state index contributed by atoms with van der Waals surface area (Å²) in [7, 11) is 0.854. The Labute approximate surface area is 290 Å². The van der Waals surface area contributed by atoms with Gasteiger partial charge in [-0.25, -0.2) is 0 Å². The molecule has 0 amide bonds. The topological polar surface area (TPSA) is 76.4 Å². The van der Waals surface area contributed by atoms with Gasteiger partial charge in [0.2, 0.25) is 0 Å². The van der Waals surface area contributed by atoms with Gasteiger partial charge >= 0.3 is 0 Å². The lowest BCUT2D eigenvalue weighted by molar-refractivity contribution is -0.953. The van der Waals surface area contributed by atoms with Crippen LogP contribution in [-0.4, -0.2) is 88.8 Å². The first kappa shape index (κ1) is 35.2. The summed E-state index contributed by atoms with van der Waals surface area (Å²) in [4.78, 5) is 5.20. The minimum atomic E-state index is -3.14. The molecule has 2 unspecified atom stereocenters. The SMILES string of the molecule is CCCCC1(CCCC)CS(O)(O)c2ccc(N(C)C)cc2C(c2ccc(OCc3ccccc3C[N+]34CCN(CC3)CC4)cc2)C1O. The number of rotatable bonds is 13. The Bertz CT molecular complexity index is 1500. The molecular weight excluding hydrogens is 619 g/mol. The third-order valence-electron chi connectivity index (χ3n) is 11.6. The number of anilines is 1. The Balaban J connectivity index is 1.29. The van der Waals surface area contributed by atoms with E-state index in [1.807, 2.05) is 43.3 Å². The molecule has 7 nitrogen and oxygen atoms in total. The van der Waals surface area contributed by atoms with E-state index in [9.17, 15) is 14.2 Å². The number of hydrogen-bond donors (Lipinski definition) is 3. The fourth-order valence-electron chi connectivity index (χ4n) is 8.54. The maximum Gasteiger partial charge on any atom is 0.119 e. The van der Waals surface area contributed by atoms with E-state index < -0.39 is 28.0 Å². The highest BCUT2D eigenvalue weighted by molar-refractivity contribution is 8.24. The molecule has 3 aromatic carbocycles. The second-order valence-electron chi connectivity index (χ2n) is 15.1. The summed E-state index contributed by atoms with van der Waals surface area (Å²) in [6, 6.07) is 22.9. The highest BCUT2D eigenvalue weighted by atomic mass is 32.3. The Kier molecular flexibility index (Phi) is 10.8. The summed E-state index contributed by atoms with van der Waals surface area (Å²) in [5.74, 6) is 0.603. The van der Waals surface area contributed by atoms with E-state index in [0.29, 0.717) is 11.5 Å². The fraction of sp³-hybridized carbons (Fsp3) is 0.550. The van der Waals surface area contributed by atoms with Crippen molar-refractivity contribution in [2.75, 3.05) is 64.0 Å². The van der Waals surface area contributed by atoms with E-state index in [1.165, 1.54) is 54.9 Å². The number of aliphatic hydroxyl groups is 1. The number of piperazine rings is 3. The highest BCUT2D eigenvalue weighted by Crippen LogP contribution is 2.62. The van der Waals surface area contributed by atoms with Crippen molar-refractivity contribution in [3.63, 3.8) is 0 Å². The summed E-state index contributed by atoms with van der Waals surface area (Å²) in [6.07, 6.45) is 4.65. The van der Waals surface area contributed by atoms with Crippen molar-refractivity contribution in [1.29, 1.82) is 0 Å². The number of benzene rings is 3. The second kappa shape index (κ2) is 14.7. The number of fused-ring (bicyclic) bond motifs is 4. The van der Waals surface area contributed by atoms with E-state index in [1.54, 1.807) is 0 Å². The van der Waals surface area contributed by atoms with E-state index in [-0.39, 0.29) is 5.75 Å². The first-order valence-corrected chi connectivity index (χ1v) is 19.9. The molecule has 262 valence electrons. The Morgan fingerprint density at radius 2 is 1.50 bits per heavy atom. The largest absolute Gasteiger partial charge is 0.489 e. The Hall–Kier alpha value is -2.59. The smallest absolute Gasteiger partial charge is 0.119 e. The van der Waals surface area contributed by atoms with Crippen LogP contribution in [0.2, 0.25) is 0 Å². The highest BCUT2D eigenvalue weighted by Gasteiger charge is 2.49. The zero-order valence-corrected chi connectivity index (χ0v) is 30.4. The third-order valence-corrected chi connectivity index (χ3v) is 13.7. The quantitative estimate of drug-likeness (QED) is 0.160. The van der Waals surface area contributed by atoms with Gasteiger partial charge in [-0.2, -0.15) is 10.6 Å².